The number of nitrogens with zero attached hydrogens (tertiary/aromatic N) is 1. The fraction of sp³-hybridized carbons (Fsp3) is 0.500. The number of nitrogens with one attached hydrogen (secondary N) is 1. The highest BCUT2D eigenvalue weighted by Gasteiger charge is 2.17. The zero-order chi connectivity index (χ0) is 12.4. The molecule has 1 unspecified atom stereocenters. The molecule has 1 aliphatic heterocycles. The van der Waals surface area contributed by atoms with Gasteiger partial charge in [-0.25, -0.2) is 0 Å². The second kappa shape index (κ2) is 5.34. The van der Waals surface area contributed by atoms with Gasteiger partial charge < -0.3 is 15.3 Å². The monoisotopic (exact) mass is 274 g/mol. The summed E-state index contributed by atoms with van der Waals surface area (Å²) in [7, 11) is 2.12. The number of piperidine rings is 1. The molecule has 1 aromatic rings. The molecule has 17 heavy (non-hydrogen) atoms. The molecule has 0 saturated carbocycles. The molecule has 1 saturated heterocycles. The molecule has 0 amide bonds. The molecule has 1 fully saturated rings. The van der Waals surface area contributed by atoms with Crippen molar-refractivity contribution in [3.63, 3.8) is 0 Å². The van der Waals surface area contributed by atoms with E-state index in [1.165, 1.54) is 6.42 Å². The van der Waals surface area contributed by atoms with Crippen LogP contribution in [0.3, 0.4) is 0 Å². The van der Waals surface area contributed by atoms with E-state index in [1.54, 1.807) is 12.1 Å². The van der Waals surface area contributed by atoms with E-state index < -0.39 is 0 Å². The topological polar surface area (TPSA) is 35.5 Å². The standard InChI is InChI=1S/C12H16Cl2N2O/c1-16-4-2-3-8(7-16)15-9-5-10(13)12(17)11(14)6-9/h5-6,8,15,17H,2-4,7H2,1H3. The van der Waals surface area contributed by atoms with Crippen molar-refractivity contribution in [2.45, 2.75) is 18.9 Å². The minimum atomic E-state index is -0.0559. The van der Waals surface area contributed by atoms with Crippen LogP contribution in [0.5, 0.6) is 5.75 Å². The summed E-state index contributed by atoms with van der Waals surface area (Å²) < 4.78 is 0. The first-order chi connectivity index (χ1) is 8.06. The van der Waals surface area contributed by atoms with Crippen molar-refractivity contribution < 1.29 is 5.11 Å². The molecule has 3 nitrogen and oxygen atoms in total. The number of benzene rings is 1. The Bertz CT molecular complexity index is 388. The zero-order valence-corrected chi connectivity index (χ0v) is 11.2. The van der Waals surface area contributed by atoms with Crippen molar-refractivity contribution in [3.05, 3.63) is 22.2 Å². The van der Waals surface area contributed by atoms with E-state index in [4.69, 9.17) is 23.2 Å². The summed E-state index contributed by atoms with van der Waals surface area (Å²) in [5.74, 6) is -0.0559. The molecule has 2 rings (SSSR count). The lowest BCUT2D eigenvalue weighted by molar-refractivity contribution is 0.261. The van der Waals surface area contributed by atoms with E-state index in [-0.39, 0.29) is 15.8 Å². The lowest BCUT2D eigenvalue weighted by atomic mass is 10.1. The molecule has 1 heterocycles. The number of hydrogen-bond donors (Lipinski definition) is 2. The van der Waals surface area contributed by atoms with Crippen LogP contribution in [0.15, 0.2) is 12.1 Å². The minimum Gasteiger partial charge on any atom is -0.505 e. The van der Waals surface area contributed by atoms with Gasteiger partial charge in [-0.15, -0.1) is 0 Å². The van der Waals surface area contributed by atoms with Crippen LogP contribution in [0.1, 0.15) is 12.8 Å². The molecule has 94 valence electrons. The van der Waals surface area contributed by atoms with Crippen molar-refractivity contribution in [3.8, 4) is 5.75 Å². The molecule has 0 spiro atoms. The Morgan fingerprint density at radius 2 is 2.00 bits per heavy atom. The highest BCUT2D eigenvalue weighted by molar-refractivity contribution is 6.37. The van der Waals surface area contributed by atoms with Gasteiger partial charge in [0.2, 0.25) is 0 Å². The van der Waals surface area contributed by atoms with Gasteiger partial charge in [0.25, 0.3) is 0 Å². The fourth-order valence-corrected chi connectivity index (χ4v) is 2.66. The molecule has 0 aromatic heterocycles. The van der Waals surface area contributed by atoms with Gasteiger partial charge in [-0.2, -0.15) is 0 Å². The van der Waals surface area contributed by atoms with Gasteiger partial charge in [-0.1, -0.05) is 23.2 Å². The maximum Gasteiger partial charge on any atom is 0.152 e. The summed E-state index contributed by atoms with van der Waals surface area (Å²) in [6.07, 6.45) is 2.33. The van der Waals surface area contributed by atoms with Gasteiger partial charge in [0, 0.05) is 18.3 Å². The van der Waals surface area contributed by atoms with Gasteiger partial charge in [0.05, 0.1) is 10.0 Å². The van der Waals surface area contributed by atoms with Crippen LogP contribution in [0.25, 0.3) is 0 Å². The third kappa shape index (κ3) is 3.18. The predicted octanol–water partition coefficient (Wildman–Crippen LogP) is 3.21. The molecule has 5 heteroatoms. The molecule has 0 aliphatic carbocycles. The van der Waals surface area contributed by atoms with E-state index in [9.17, 15) is 5.11 Å². The molecule has 0 radical (unpaired) electrons. The van der Waals surface area contributed by atoms with E-state index in [0.29, 0.717) is 6.04 Å². The van der Waals surface area contributed by atoms with E-state index in [1.807, 2.05) is 0 Å². The SMILES string of the molecule is CN1CCCC(Nc2cc(Cl)c(O)c(Cl)c2)C1. The van der Waals surface area contributed by atoms with Gasteiger partial charge in [-0.05, 0) is 38.6 Å². The molecule has 2 N–H and O–H groups in total. The van der Waals surface area contributed by atoms with E-state index >= 15 is 0 Å². The third-order valence-electron chi connectivity index (χ3n) is 3.01. The average molecular weight is 275 g/mol. The number of hydrogen-bond acceptors (Lipinski definition) is 3. The molecule has 1 atom stereocenters. The van der Waals surface area contributed by atoms with Crippen LogP contribution in [-0.2, 0) is 0 Å². The summed E-state index contributed by atoms with van der Waals surface area (Å²) in [5, 5.41) is 13.4. The summed E-state index contributed by atoms with van der Waals surface area (Å²) in [6, 6.07) is 3.82. The smallest absolute Gasteiger partial charge is 0.152 e. The Morgan fingerprint density at radius 3 is 2.59 bits per heavy atom. The second-order valence-corrected chi connectivity index (χ2v) is 5.35. The lowest BCUT2D eigenvalue weighted by Crippen LogP contribution is -2.39. The Balaban J connectivity index is 2.08. The zero-order valence-electron chi connectivity index (χ0n) is 9.71. The maximum absolute atomic E-state index is 9.48. The minimum absolute atomic E-state index is 0.0559. The van der Waals surface area contributed by atoms with Crippen LogP contribution in [0.4, 0.5) is 5.69 Å². The number of phenols is 1. The first-order valence-corrected chi connectivity index (χ1v) is 6.45. The Hall–Kier alpha value is -0.640. The van der Waals surface area contributed by atoms with E-state index in [0.717, 1.165) is 25.2 Å². The highest BCUT2D eigenvalue weighted by Crippen LogP contribution is 2.35. The van der Waals surface area contributed by atoms with E-state index in [2.05, 4.69) is 17.3 Å². The van der Waals surface area contributed by atoms with Gasteiger partial charge in [-0.3, -0.25) is 0 Å². The summed E-state index contributed by atoms with van der Waals surface area (Å²) in [4.78, 5) is 2.30. The van der Waals surface area contributed by atoms with Crippen molar-refractivity contribution in [2.75, 3.05) is 25.5 Å². The summed E-state index contributed by atoms with van der Waals surface area (Å²) in [5.41, 5.74) is 0.859. The van der Waals surface area contributed by atoms with Gasteiger partial charge >= 0.3 is 0 Å². The highest BCUT2D eigenvalue weighted by atomic mass is 35.5. The van der Waals surface area contributed by atoms with Crippen LogP contribution < -0.4 is 5.32 Å². The van der Waals surface area contributed by atoms with Crippen LogP contribution in [0, 0.1) is 0 Å². The first-order valence-electron chi connectivity index (χ1n) is 5.69. The molecule has 1 aromatic carbocycles. The Labute approximate surface area is 111 Å². The van der Waals surface area contributed by atoms with Crippen molar-refractivity contribution >= 4 is 28.9 Å². The van der Waals surface area contributed by atoms with Crippen molar-refractivity contribution in [2.24, 2.45) is 0 Å². The van der Waals surface area contributed by atoms with Gasteiger partial charge in [0.1, 0.15) is 0 Å². The predicted molar refractivity (Wildman–Crippen MR) is 72.3 cm³/mol. The number of anilines is 1. The number of aromatic hydroxyl groups is 1. The quantitative estimate of drug-likeness (QED) is 0.813. The number of likely N-dealkylation sites (N-methyl/N-ethyl adjacent to an activating group) is 1. The summed E-state index contributed by atoms with van der Waals surface area (Å²) in [6.45, 7) is 2.16. The summed E-state index contributed by atoms with van der Waals surface area (Å²) >= 11 is 11.8. The first kappa shape index (κ1) is 12.8. The average Bonchev–Trinajstić information content (AvgIpc) is 2.26. The normalized spacial score (nSPS) is 21.5. The fourth-order valence-electron chi connectivity index (χ4n) is 2.17. The Morgan fingerprint density at radius 1 is 1.35 bits per heavy atom. The van der Waals surface area contributed by atoms with Crippen molar-refractivity contribution in [1.29, 1.82) is 0 Å². The Kier molecular flexibility index (Phi) is 4.02. The molecule has 1 aliphatic rings. The second-order valence-electron chi connectivity index (χ2n) is 4.53. The van der Waals surface area contributed by atoms with Crippen molar-refractivity contribution in [1.82, 2.24) is 4.90 Å². The molecular formula is C12H16Cl2N2O. The van der Waals surface area contributed by atoms with Gasteiger partial charge in [0.15, 0.2) is 5.75 Å². The number of halogens is 2. The third-order valence-corrected chi connectivity index (χ3v) is 3.59. The van der Waals surface area contributed by atoms with Crippen LogP contribution >= 0.6 is 23.2 Å². The largest absolute Gasteiger partial charge is 0.505 e. The number of likely N-dealkylation sites (tertiary alicyclic amines) is 1. The molecule has 0 bridgehead atoms. The van der Waals surface area contributed by atoms with Crippen LogP contribution in [0.2, 0.25) is 10.0 Å². The number of rotatable bonds is 2. The molecular weight excluding hydrogens is 259 g/mol. The number of phenolic OH excluding ortho intramolecular Hbond substituents is 1. The maximum atomic E-state index is 9.48. The lowest BCUT2D eigenvalue weighted by Gasteiger charge is -2.31. The van der Waals surface area contributed by atoms with Crippen LogP contribution in [-0.4, -0.2) is 36.2 Å².